The van der Waals surface area contributed by atoms with E-state index in [1.165, 1.54) is 45.0 Å². The minimum atomic E-state index is 0. The van der Waals surface area contributed by atoms with Gasteiger partial charge in [-0.25, -0.2) is 0 Å². The molecule has 2 aromatic carbocycles. The standard InChI is InChI=1S/C26H31N3S.2HI/c1-27-24-14-7-8-15-25(24)30-26(27)16-9-11-21-17-19-28(18-10-20-29(2,3)4)23-13-6-5-12-22(21)23;;/h5-9,11-17,19H,10,18,20H2,1-4H3;2*1H/q+2;;/p-2. The summed E-state index contributed by atoms with van der Waals surface area (Å²) in [6.07, 6.45) is 10.0. The lowest BCUT2D eigenvalue weighted by Gasteiger charge is -2.22. The molecular weight excluding hydrogens is 640 g/mol. The van der Waals surface area contributed by atoms with Crippen LogP contribution in [0.15, 0.2) is 82.9 Å². The van der Waals surface area contributed by atoms with Gasteiger partial charge in [0.1, 0.15) is 0 Å². The predicted molar refractivity (Wildman–Crippen MR) is 129 cm³/mol. The molecule has 0 amide bonds. The van der Waals surface area contributed by atoms with Crippen molar-refractivity contribution in [2.45, 2.75) is 17.9 Å². The number of hydrogen-bond donors (Lipinski definition) is 0. The Labute approximate surface area is 230 Å². The van der Waals surface area contributed by atoms with Crippen LogP contribution >= 0.6 is 11.8 Å². The van der Waals surface area contributed by atoms with E-state index in [-0.39, 0.29) is 48.0 Å². The molecule has 4 rings (SSSR count). The fraction of sp³-hybridized carbons (Fsp3) is 0.269. The Bertz CT molecular complexity index is 1120. The van der Waals surface area contributed by atoms with Gasteiger partial charge in [-0.1, -0.05) is 48.2 Å². The zero-order chi connectivity index (χ0) is 21.1. The van der Waals surface area contributed by atoms with Crippen LogP contribution in [0.2, 0.25) is 0 Å². The van der Waals surface area contributed by atoms with Crippen LogP contribution in [0.5, 0.6) is 0 Å². The fourth-order valence-electron chi connectivity index (χ4n) is 3.86. The van der Waals surface area contributed by atoms with Crippen LogP contribution in [0.1, 0.15) is 12.0 Å². The summed E-state index contributed by atoms with van der Waals surface area (Å²) in [5, 5.41) is 2.55. The van der Waals surface area contributed by atoms with E-state index in [0.29, 0.717) is 0 Å². The highest BCUT2D eigenvalue weighted by Crippen LogP contribution is 2.44. The lowest BCUT2D eigenvalue weighted by atomic mass is 10.1. The predicted octanol–water partition coefficient (Wildman–Crippen LogP) is -0.672. The fourth-order valence-corrected chi connectivity index (χ4v) is 4.93. The number of nitrogens with zero attached hydrogens (tertiary/aromatic N) is 3. The maximum Gasteiger partial charge on any atom is 0.213 e. The van der Waals surface area contributed by atoms with Crippen LogP contribution in [0.25, 0.3) is 17.0 Å². The minimum Gasteiger partial charge on any atom is -1.00 e. The van der Waals surface area contributed by atoms with E-state index in [2.05, 4.69) is 117 Å². The van der Waals surface area contributed by atoms with Crippen LogP contribution < -0.4 is 57.4 Å². The number of allylic oxidation sites excluding steroid dienone is 2. The first-order valence-corrected chi connectivity index (χ1v) is 11.3. The highest BCUT2D eigenvalue weighted by molar-refractivity contribution is 8.03. The SMILES string of the molecule is CN1/C(=C\C=C\c2cc[n+](CCC[N+](C)(C)C)c3ccccc23)Sc2ccccc21.[I-].[I-]. The Balaban J connectivity index is 0.00000181. The molecule has 0 N–H and O–H groups in total. The van der Waals surface area contributed by atoms with Gasteiger partial charge in [0.05, 0.1) is 50.2 Å². The molecule has 0 saturated heterocycles. The third-order valence-electron chi connectivity index (χ3n) is 5.47. The number of halogens is 2. The molecule has 0 atom stereocenters. The third kappa shape index (κ3) is 6.48. The van der Waals surface area contributed by atoms with Crippen molar-refractivity contribution in [3.63, 3.8) is 0 Å². The lowest BCUT2D eigenvalue weighted by molar-refractivity contribution is -0.873. The highest BCUT2D eigenvalue weighted by Gasteiger charge is 2.20. The van der Waals surface area contributed by atoms with Gasteiger partial charge in [0.25, 0.3) is 0 Å². The summed E-state index contributed by atoms with van der Waals surface area (Å²) in [6.45, 7) is 2.22. The van der Waals surface area contributed by atoms with Gasteiger partial charge < -0.3 is 57.3 Å². The highest BCUT2D eigenvalue weighted by atomic mass is 127. The summed E-state index contributed by atoms with van der Waals surface area (Å²) in [5.74, 6) is 0. The molecule has 1 aromatic heterocycles. The van der Waals surface area contributed by atoms with Gasteiger partial charge in [-0.2, -0.15) is 4.57 Å². The van der Waals surface area contributed by atoms with Gasteiger partial charge in [0.15, 0.2) is 12.7 Å². The average molecular weight is 671 g/mol. The van der Waals surface area contributed by atoms with E-state index < -0.39 is 0 Å². The molecule has 0 unspecified atom stereocenters. The van der Waals surface area contributed by atoms with E-state index in [1.807, 2.05) is 11.8 Å². The summed E-state index contributed by atoms with van der Waals surface area (Å²) < 4.78 is 3.39. The van der Waals surface area contributed by atoms with Crippen molar-refractivity contribution in [3.8, 4) is 0 Å². The molecule has 6 heteroatoms. The van der Waals surface area contributed by atoms with Crippen molar-refractivity contribution < 1.29 is 57.0 Å². The number of rotatable bonds is 6. The molecule has 3 nitrogen and oxygen atoms in total. The molecule has 0 spiro atoms. The Morgan fingerprint density at radius 2 is 1.69 bits per heavy atom. The number of para-hydroxylation sites is 2. The van der Waals surface area contributed by atoms with Gasteiger partial charge in [-0.05, 0) is 29.8 Å². The van der Waals surface area contributed by atoms with E-state index in [4.69, 9.17) is 0 Å². The van der Waals surface area contributed by atoms with Crippen LogP contribution in [-0.4, -0.2) is 39.2 Å². The molecule has 32 heavy (non-hydrogen) atoms. The molecule has 0 saturated carbocycles. The quantitative estimate of drug-likeness (QED) is 0.195. The zero-order valence-electron chi connectivity index (χ0n) is 19.1. The number of benzene rings is 2. The van der Waals surface area contributed by atoms with Crippen LogP contribution in [0.4, 0.5) is 5.69 Å². The Morgan fingerprint density at radius 3 is 2.44 bits per heavy atom. The van der Waals surface area contributed by atoms with Gasteiger partial charge >= 0.3 is 0 Å². The maximum atomic E-state index is 2.39. The second-order valence-corrected chi connectivity index (χ2v) is 9.90. The molecule has 3 aromatic rings. The molecular formula is C26H31I2N3S. The van der Waals surface area contributed by atoms with E-state index >= 15 is 0 Å². The molecule has 0 radical (unpaired) electrons. The van der Waals surface area contributed by atoms with Crippen molar-refractivity contribution in [2.24, 2.45) is 0 Å². The Hall–Kier alpha value is -1.10. The molecule has 0 aliphatic carbocycles. The first-order chi connectivity index (χ1) is 14.4. The topological polar surface area (TPSA) is 7.12 Å². The first-order valence-electron chi connectivity index (χ1n) is 10.5. The number of thioether (sulfide) groups is 1. The average Bonchev–Trinajstić information content (AvgIpc) is 3.04. The summed E-state index contributed by atoms with van der Waals surface area (Å²) in [4.78, 5) is 3.58. The molecule has 1 aliphatic heterocycles. The first kappa shape index (κ1) is 27.1. The Morgan fingerprint density at radius 1 is 0.969 bits per heavy atom. The maximum absolute atomic E-state index is 2.39. The van der Waals surface area contributed by atoms with E-state index in [0.717, 1.165) is 11.0 Å². The normalized spacial score (nSPS) is 14.5. The van der Waals surface area contributed by atoms with Crippen molar-refractivity contribution in [2.75, 3.05) is 39.6 Å². The molecule has 170 valence electrons. The van der Waals surface area contributed by atoms with Gasteiger partial charge in [0, 0.05) is 24.1 Å². The van der Waals surface area contributed by atoms with Gasteiger partial charge in [-0.15, -0.1) is 0 Å². The summed E-state index contributed by atoms with van der Waals surface area (Å²) in [7, 11) is 8.90. The second-order valence-electron chi connectivity index (χ2n) is 8.84. The third-order valence-corrected chi connectivity index (χ3v) is 6.66. The Kier molecular flexibility index (Phi) is 10.1. The zero-order valence-corrected chi connectivity index (χ0v) is 24.3. The number of quaternary nitrogens is 1. The largest absolute Gasteiger partial charge is 1.00 e. The molecule has 0 fully saturated rings. The monoisotopic (exact) mass is 671 g/mol. The number of anilines is 1. The minimum absolute atomic E-state index is 0. The smallest absolute Gasteiger partial charge is 0.213 e. The van der Waals surface area contributed by atoms with Crippen LogP contribution in [0, 0.1) is 0 Å². The number of aryl methyl sites for hydroxylation is 1. The molecule has 0 bridgehead atoms. The summed E-state index contributed by atoms with van der Waals surface area (Å²) >= 11 is 1.83. The van der Waals surface area contributed by atoms with Crippen molar-refractivity contribution in [1.82, 2.24) is 0 Å². The van der Waals surface area contributed by atoms with Crippen molar-refractivity contribution in [3.05, 3.63) is 83.5 Å². The van der Waals surface area contributed by atoms with Gasteiger partial charge in [0.2, 0.25) is 5.52 Å². The van der Waals surface area contributed by atoms with Crippen molar-refractivity contribution in [1.29, 1.82) is 0 Å². The number of hydrogen-bond acceptors (Lipinski definition) is 2. The van der Waals surface area contributed by atoms with E-state index in [1.54, 1.807) is 0 Å². The number of pyridine rings is 1. The van der Waals surface area contributed by atoms with Gasteiger partial charge in [-0.3, -0.25) is 0 Å². The van der Waals surface area contributed by atoms with E-state index in [9.17, 15) is 0 Å². The molecule has 2 heterocycles. The lowest BCUT2D eigenvalue weighted by Crippen LogP contribution is -3.00. The number of aromatic nitrogens is 1. The summed E-state index contributed by atoms with van der Waals surface area (Å²) in [5.41, 5.74) is 3.84. The van der Waals surface area contributed by atoms with Crippen LogP contribution in [-0.2, 0) is 6.54 Å². The summed E-state index contributed by atoms with van der Waals surface area (Å²) in [6, 6.07) is 19.5. The second kappa shape index (κ2) is 11.9. The number of fused-ring (bicyclic) bond motifs is 2. The van der Waals surface area contributed by atoms with Crippen molar-refractivity contribution >= 4 is 34.4 Å². The van der Waals surface area contributed by atoms with Crippen LogP contribution in [0.3, 0.4) is 0 Å². The molecule has 1 aliphatic rings.